The SMILES string of the molecule is NS(=O)(=O)c1ccc2c(c1)CCN2CC(=O)Nc1nc(-c2ccc(F)c(F)c2)cs1. The van der Waals surface area contributed by atoms with Gasteiger partial charge in [0.25, 0.3) is 0 Å². The van der Waals surface area contributed by atoms with E-state index in [1.807, 2.05) is 4.90 Å². The molecule has 0 atom stereocenters. The zero-order chi connectivity index (χ0) is 21.5. The van der Waals surface area contributed by atoms with Gasteiger partial charge in [0.05, 0.1) is 17.1 Å². The average Bonchev–Trinajstić information content (AvgIpc) is 3.30. The van der Waals surface area contributed by atoms with Gasteiger partial charge < -0.3 is 10.2 Å². The predicted molar refractivity (Wildman–Crippen MR) is 110 cm³/mol. The first-order valence-corrected chi connectivity index (χ1v) is 11.2. The van der Waals surface area contributed by atoms with Crippen molar-refractivity contribution in [2.75, 3.05) is 23.3 Å². The highest BCUT2D eigenvalue weighted by atomic mass is 32.2. The van der Waals surface area contributed by atoms with Crippen molar-refractivity contribution >= 4 is 38.1 Å². The molecule has 2 heterocycles. The lowest BCUT2D eigenvalue weighted by Gasteiger charge is -2.18. The van der Waals surface area contributed by atoms with Gasteiger partial charge in [-0.25, -0.2) is 27.3 Å². The topological polar surface area (TPSA) is 105 Å². The van der Waals surface area contributed by atoms with Gasteiger partial charge in [0.2, 0.25) is 15.9 Å². The summed E-state index contributed by atoms with van der Waals surface area (Å²) in [7, 11) is -3.78. The van der Waals surface area contributed by atoms with Gasteiger partial charge in [-0.15, -0.1) is 11.3 Å². The number of aromatic nitrogens is 1. The molecule has 3 N–H and O–H groups in total. The number of nitrogens with two attached hydrogens (primary N) is 1. The van der Waals surface area contributed by atoms with Crippen molar-refractivity contribution in [2.24, 2.45) is 5.14 Å². The molecule has 0 fully saturated rings. The molecule has 0 bridgehead atoms. The van der Waals surface area contributed by atoms with Gasteiger partial charge in [-0.05, 0) is 48.4 Å². The van der Waals surface area contributed by atoms with Crippen molar-refractivity contribution in [3.63, 3.8) is 0 Å². The van der Waals surface area contributed by atoms with Crippen LogP contribution in [0.3, 0.4) is 0 Å². The molecular weight excluding hydrogens is 434 g/mol. The summed E-state index contributed by atoms with van der Waals surface area (Å²) in [6, 6.07) is 8.06. The minimum atomic E-state index is -3.78. The largest absolute Gasteiger partial charge is 0.362 e. The van der Waals surface area contributed by atoms with Crippen LogP contribution in [0.4, 0.5) is 19.6 Å². The molecular formula is C19H16F2N4O3S2. The third-order valence-corrected chi connectivity index (χ3v) is 6.34. The number of benzene rings is 2. The van der Waals surface area contributed by atoms with E-state index in [9.17, 15) is 22.0 Å². The van der Waals surface area contributed by atoms with E-state index in [0.29, 0.717) is 29.4 Å². The molecule has 0 saturated carbocycles. The van der Waals surface area contributed by atoms with Crippen molar-refractivity contribution in [2.45, 2.75) is 11.3 Å². The van der Waals surface area contributed by atoms with Crippen LogP contribution in [0.5, 0.6) is 0 Å². The smallest absolute Gasteiger partial charge is 0.245 e. The molecule has 11 heteroatoms. The van der Waals surface area contributed by atoms with Crippen LogP contribution in [0, 0.1) is 11.6 Å². The third kappa shape index (κ3) is 4.18. The first kappa shape index (κ1) is 20.4. The number of amides is 1. The number of carbonyl (C=O) groups excluding carboxylic acids is 1. The van der Waals surface area contributed by atoms with Crippen molar-refractivity contribution in [1.82, 2.24) is 4.98 Å². The highest BCUT2D eigenvalue weighted by molar-refractivity contribution is 7.89. The Morgan fingerprint density at radius 3 is 2.73 bits per heavy atom. The molecule has 0 radical (unpaired) electrons. The molecule has 7 nitrogen and oxygen atoms in total. The van der Waals surface area contributed by atoms with Crippen LogP contribution in [-0.4, -0.2) is 32.4 Å². The molecule has 1 aliphatic rings. The van der Waals surface area contributed by atoms with Crippen LogP contribution in [0.1, 0.15) is 5.56 Å². The number of primary sulfonamides is 1. The lowest BCUT2D eigenvalue weighted by molar-refractivity contribution is -0.115. The van der Waals surface area contributed by atoms with Crippen LogP contribution in [-0.2, 0) is 21.2 Å². The number of sulfonamides is 1. The molecule has 0 spiro atoms. The van der Waals surface area contributed by atoms with Gasteiger partial charge in [0, 0.05) is 23.2 Å². The quantitative estimate of drug-likeness (QED) is 0.622. The Bertz CT molecular complexity index is 1240. The molecule has 1 aliphatic heterocycles. The summed E-state index contributed by atoms with van der Waals surface area (Å²) >= 11 is 1.17. The van der Waals surface area contributed by atoms with E-state index in [-0.39, 0.29) is 17.3 Å². The second-order valence-electron chi connectivity index (χ2n) is 6.72. The van der Waals surface area contributed by atoms with Crippen LogP contribution in [0.15, 0.2) is 46.7 Å². The summed E-state index contributed by atoms with van der Waals surface area (Å²) in [5, 5.41) is 9.83. The van der Waals surface area contributed by atoms with Crippen LogP contribution in [0.2, 0.25) is 0 Å². The fourth-order valence-electron chi connectivity index (χ4n) is 3.24. The first-order chi connectivity index (χ1) is 14.2. The molecule has 2 aromatic carbocycles. The molecule has 3 aromatic rings. The van der Waals surface area contributed by atoms with E-state index in [0.717, 1.165) is 23.4 Å². The number of halogens is 2. The normalized spacial score (nSPS) is 13.4. The van der Waals surface area contributed by atoms with E-state index >= 15 is 0 Å². The minimum Gasteiger partial charge on any atom is -0.362 e. The third-order valence-electron chi connectivity index (χ3n) is 4.67. The summed E-state index contributed by atoms with van der Waals surface area (Å²) < 4.78 is 49.5. The number of rotatable bonds is 5. The Balaban J connectivity index is 1.43. The predicted octanol–water partition coefficient (Wildman–Crippen LogP) is 2.74. The highest BCUT2D eigenvalue weighted by Crippen LogP contribution is 2.30. The monoisotopic (exact) mass is 450 g/mol. The minimum absolute atomic E-state index is 0.0418. The summed E-state index contributed by atoms with van der Waals surface area (Å²) in [5.41, 5.74) is 2.42. The zero-order valence-electron chi connectivity index (χ0n) is 15.4. The number of hydrogen-bond acceptors (Lipinski definition) is 6. The molecule has 0 aliphatic carbocycles. The van der Waals surface area contributed by atoms with Crippen LogP contribution < -0.4 is 15.4 Å². The van der Waals surface area contributed by atoms with Gasteiger partial charge in [0.1, 0.15) is 0 Å². The zero-order valence-corrected chi connectivity index (χ0v) is 17.1. The summed E-state index contributed by atoms with van der Waals surface area (Å²) in [5.74, 6) is -2.21. The Hall–Kier alpha value is -2.89. The van der Waals surface area contributed by atoms with E-state index in [1.54, 1.807) is 11.4 Å². The Morgan fingerprint density at radius 1 is 1.20 bits per heavy atom. The molecule has 30 heavy (non-hydrogen) atoms. The number of anilines is 2. The average molecular weight is 450 g/mol. The van der Waals surface area contributed by atoms with Crippen molar-refractivity contribution < 1.29 is 22.0 Å². The van der Waals surface area contributed by atoms with Gasteiger partial charge in [-0.3, -0.25) is 4.79 Å². The Labute approximate surface area is 175 Å². The van der Waals surface area contributed by atoms with Gasteiger partial charge >= 0.3 is 0 Å². The van der Waals surface area contributed by atoms with Gasteiger partial charge in [0.15, 0.2) is 16.8 Å². The second-order valence-corrected chi connectivity index (χ2v) is 9.14. The lowest BCUT2D eigenvalue weighted by atomic mass is 10.2. The fraction of sp³-hybridized carbons (Fsp3) is 0.158. The molecule has 1 amide bonds. The van der Waals surface area contributed by atoms with Crippen molar-refractivity contribution in [3.05, 3.63) is 59.0 Å². The lowest BCUT2D eigenvalue weighted by Crippen LogP contribution is -2.31. The maximum atomic E-state index is 13.4. The summed E-state index contributed by atoms with van der Waals surface area (Å²) in [4.78, 5) is 18.6. The van der Waals surface area contributed by atoms with Gasteiger partial charge in [-0.2, -0.15) is 0 Å². The standard InChI is InChI=1S/C19H16F2N4O3S2/c20-14-3-1-11(8-15(14)21)16-10-29-19(23-16)24-18(26)9-25-6-5-12-7-13(30(22,27)28)2-4-17(12)25/h1-4,7-8,10H,5-6,9H2,(H2,22,27,28)(H,23,24,26). The number of nitrogens with zero attached hydrogens (tertiary/aromatic N) is 2. The van der Waals surface area contributed by atoms with Gasteiger partial charge in [-0.1, -0.05) is 0 Å². The maximum absolute atomic E-state index is 13.4. The van der Waals surface area contributed by atoms with E-state index in [1.165, 1.54) is 29.5 Å². The summed E-state index contributed by atoms with van der Waals surface area (Å²) in [6.45, 7) is 0.622. The molecule has 4 rings (SSSR count). The maximum Gasteiger partial charge on any atom is 0.245 e. The van der Waals surface area contributed by atoms with E-state index in [4.69, 9.17) is 5.14 Å². The number of nitrogens with one attached hydrogen (secondary N) is 1. The summed E-state index contributed by atoms with van der Waals surface area (Å²) in [6.07, 6.45) is 0.601. The van der Waals surface area contributed by atoms with Crippen LogP contribution >= 0.6 is 11.3 Å². The highest BCUT2D eigenvalue weighted by Gasteiger charge is 2.23. The molecule has 0 unspecified atom stereocenters. The number of thiazole rings is 1. The molecule has 1 aromatic heterocycles. The van der Waals surface area contributed by atoms with Crippen molar-refractivity contribution in [1.29, 1.82) is 0 Å². The van der Waals surface area contributed by atoms with E-state index < -0.39 is 21.7 Å². The first-order valence-electron chi connectivity index (χ1n) is 8.82. The van der Waals surface area contributed by atoms with Crippen LogP contribution in [0.25, 0.3) is 11.3 Å². The van der Waals surface area contributed by atoms with Crippen molar-refractivity contribution in [3.8, 4) is 11.3 Å². The molecule has 156 valence electrons. The second kappa shape index (κ2) is 7.74. The number of carbonyl (C=O) groups is 1. The van der Waals surface area contributed by atoms with E-state index in [2.05, 4.69) is 10.3 Å². The number of fused-ring (bicyclic) bond motifs is 1. The Morgan fingerprint density at radius 2 is 2.00 bits per heavy atom. The Kier molecular flexibility index (Phi) is 5.26. The molecule has 0 saturated heterocycles. The number of hydrogen-bond donors (Lipinski definition) is 2. The fourth-order valence-corrected chi connectivity index (χ4v) is 4.54.